The highest BCUT2D eigenvalue weighted by atomic mass is 28.3. The molecule has 0 N–H and O–H groups in total. The summed E-state index contributed by atoms with van der Waals surface area (Å²) in [6.45, 7) is 16.2. The Morgan fingerprint density at radius 2 is 1.14 bits per heavy atom. The summed E-state index contributed by atoms with van der Waals surface area (Å²) < 4.78 is 0. The van der Waals surface area contributed by atoms with E-state index in [1.54, 1.807) is 0 Å². The Kier molecular flexibility index (Phi) is 10.8. The maximum atomic E-state index is 4.78. The van der Waals surface area contributed by atoms with E-state index in [2.05, 4.69) is 47.5 Å². The normalized spacial score (nSPS) is 10.4. The van der Waals surface area contributed by atoms with Gasteiger partial charge in [-0.2, -0.15) is 0 Å². The van der Waals surface area contributed by atoms with Crippen molar-refractivity contribution in [3.63, 3.8) is 0 Å². The van der Waals surface area contributed by atoms with Gasteiger partial charge in [0.1, 0.15) is 0 Å². The molecule has 0 aromatic heterocycles. The molecule has 0 spiro atoms. The molecule has 0 amide bonds. The van der Waals surface area contributed by atoms with Crippen molar-refractivity contribution < 1.29 is 0 Å². The molecule has 0 aromatic carbocycles. The molecular weight excluding hydrogens is 184 g/mol. The lowest BCUT2D eigenvalue weighted by Gasteiger charge is -2.26. The quantitative estimate of drug-likeness (QED) is 0.467. The lowest BCUT2D eigenvalue weighted by Crippen LogP contribution is -2.24. The Labute approximate surface area is 93.1 Å². The number of hydrogen-bond acceptors (Lipinski definition) is 0. The predicted octanol–water partition coefficient (Wildman–Crippen LogP) is 4.74. The van der Waals surface area contributed by atoms with Gasteiger partial charge in [0.15, 0.2) is 0 Å². The standard InChI is InChI=1S/C9H21Si.C4H6/c1-7(2)10(8(3)4)9(5)6;1-3-4-2/h7-9H,1-6H3;1H,4H2,2H3. The molecule has 1 heteroatoms. The van der Waals surface area contributed by atoms with Gasteiger partial charge in [0.25, 0.3) is 0 Å². The summed E-state index contributed by atoms with van der Waals surface area (Å²) in [6.07, 6.45) is 5.62. The van der Waals surface area contributed by atoms with E-state index in [1.807, 2.05) is 6.92 Å². The molecule has 0 aliphatic carbocycles. The summed E-state index contributed by atoms with van der Waals surface area (Å²) in [5.41, 5.74) is 2.81. The second-order valence-electron chi connectivity index (χ2n) is 4.52. The fourth-order valence-corrected chi connectivity index (χ4v) is 6.00. The average Bonchev–Trinajstić information content (AvgIpc) is 2.02. The Bertz CT molecular complexity index is 132. The number of hydrogen-bond donors (Lipinski definition) is 0. The van der Waals surface area contributed by atoms with Crippen LogP contribution < -0.4 is 0 Å². The van der Waals surface area contributed by atoms with Gasteiger partial charge in [0.05, 0.1) is 8.80 Å². The minimum absolute atomic E-state index is 0.0957. The molecule has 14 heavy (non-hydrogen) atoms. The van der Waals surface area contributed by atoms with E-state index in [-0.39, 0.29) is 8.80 Å². The van der Waals surface area contributed by atoms with Gasteiger partial charge in [-0.1, -0.05) is 65.1 Å². The van der Waals surface area contributed by atoms with E-state index in [4.69, 9.17) is 6.42 Å². The van der Waals surface area contributed by atoms with E-state index in [1.165, 1.54) is 0 Å². The van der Waals surface area contributed by atoms with Crippen LogP contribution in [0.2, 0.25) is 16.6 Å². The van der Waals surface area contributed by atoms with Crippen molar-refractivity contribution in [1.29, 1.82) is 0 Å². The third-order valence-electron chi connectivity index (χ3n) is 2.20. The van der Waals surface area contributed by atoms with E-state index in [9.17, 15) is 0 Å². The molecule has 0 aromatic rings. The monoisotopic (exact) mass is 211 g/mol. The first-order valence-electron chi connectivity index (χ1n) is 5.68. The molecule has 0 saturated carbocycles. The van der Waals surface area contributed by atoms with Crippen LogP contribution in [-0.4, -0.2) is 8.80 Å². The van der Waals surface area contributed by atoms with Gasteiger partial charge in [-0.15, -0.1) is 12.3 Å². The summed E-state index contributed by atoms with van der Waals surface area (Å²) in [4.78, 5) is 0. The van der Waals surface area contributed by atoms with E-state index in [0.717, 1.165) is 23.0 Å². The van der Waals surface area contributed by atoms with Gasteiger partial charge < -0.3 is 0 Å². The van der Waals surface area contributed by atoms with Crippen LogP contribution in [0, 0.1) is 12.3 Å². The summed E-state index contributed by atoms with van der Waals surface area (Å²) in [6, 6.07) is 0. The minimum atomic E-state index is -0.0957. The van der Waals surface area contributed by atoms with Crippen molar-refractivity contribution in [3.8, 4) is 12.3 Å². The van der Waals surface area contributed by atoms with E-state index >= 15 is 0 Å². The zero-order valence-corrected chi connectivity index (χ0v) is 12.0. The Morgan fingerprint density at radius 3 is 1.14 bits per heavy atom. The molecule has 0 fully saturated rings. The minimum Gasteiger partial charge on any atom is -0.120 e. The third-order valence-corrected chi connectivity index (χ3v) is 6.20. The van der Waals surface area contributed by atoms with Crippen LogP contribution in [0.5, 0.6) is 0 Å². The van der Waals surface area contributed by atoms with Gasteiger partial charge in [0, 0.05) is 6.42 Å². The molecular formula is C13H27Si. The van der Waals surface area contributed by atoms with Crippen LogP contribution in [0.25, 0.3) is 0 Å². The van der Waals surface area contributed by atoms with Gasteiger partial charge in [-0.3, -0.25) is 0 Å². The Balaban J connectivity index is 0. The first kappa shape index (κ1) is 16.2. The second kappa shape index (κ2) is 9.34. The van der Waals surface area contributed by atoms with Crippen molar-refractivity contribution in [3.05, 3.63) is 0 Å². The third kappa shape index (κ3) is 8.38. The van der Waals surface area contributed by atoms with Crippen LogP contribution >= 0.6 is 0 Å². The highest BCUT2D eigenvalue weighted by Gasteiger charge is 2.22. The van der Waals surface area contributed by atoms with E-state index in [0.29, 0.717) is 0 Å². The Morgan fingerprint density at radius 1 is 0.929 bits per heavy atom. The molecule has 0 unspecified atom stereocenters. The van der Waals surface area contributed by atoms with Crippen molar-refractivity contribution in [2.45, 2.75) is 71.5 Å². The molecule has 1 radical (unpaired) electrons. The van der Waals surface area contributed by atoms with Crippen LogP contribution in [0.15, 0.2) is 0 Å². The Hall–Kier alpha value is -0.223. The number of terminal acetylenes is 1. The molecule has 0 atom stereocenters. The maximum absolute atomic E-state index is 4.78. The zero-order chi connectivity index (χ0) is 11.7. The number of rotatable bonds is 3. The molecule has 0 nitrogen and oxygen atoms in total. The topological polar surface area (TPSA) is 0 Å². The fourth-order valence-electron chi connectivity index (χ4n) is 2.00. The van der Waals surface area contributed by atoms with Gasteiger partial charge >= 0.3 is 0 Å². The van der Waals surface area contributed by atoms with Crippen molar-refractivity contribution >= 4 is 8.80 Å². The summed E-state index contributed by atoms with van der Waals surface area (Å²) in [7, 11) is -0.0957. The highest BCUT2D eigenvalue weighted by molar-refractivity contribution is 6.63. The molecule has 0 saturated heterocycles. The first-order chi connectivity index (χ1) is 6.38. The van der Waals surface area contributed by atoms with Crippen LogP contribution in [-0.2, 0) is 0 Å². The second-order valence-corrected chi connectivity index (χ2v) is 8.99. The van der Waals surface area contributed by atoms with Crippen molar-refractivity contribution in [1.82, 2.24) is 0 Å². The largest absolute Gasteiger partial charge is 0.120 e. The van der Waals surface area contributed by atoms with Gasteiger partial charge in [-0.05, 0) is 0 Å². The molecule has 0 bridgehead atoms. The molecule has 0 aliphatic rings. The molecule has 0 rings (SSSR count). The highest BCUT2D eigenvalue weighted by Crippen LogP contribution is 2.28. The maximum Gasteiger partial charge on any atom is 0.0561 e. The summed E-state index contributed by atoms with van der Waals surface area (Å²) >= 11 is 0. The molecule has 0 heterocycles. The zero-order valence-electron chi connectivity index (χ0n) is 11.0. The van der Waals surface area contributed by atoms with Gasteiger partial charge in [0.2, 0.25) is 0 Å². The molecule has 0 aliphatic heterocycles. The average molecular weight is 211 g/mol. The van der Waals surface area contributed by atoms with E-state index < -0.39 is 0 Å². The predicted molar refractivity (Wildman–Crippen MR) is 70.2 cm³/mol. The smallest absolute Gasteiger partial charge is 0.0561 e. The van der Waals surface area contributed by atoms with Crippen LogP contribution in [0.3, 0.4) is 0 Å². The van der Waals surface area contributed by atoms with Gasteiger partial charge in [-0.25, -0.2) is 0 Å². The lowest BCUT2D eigenvalue weighted by molar-refractivity contribution is 0.863. The van der Waals surface area contributed by atoms with Crippen molar-refractivity contribution in [2.24, 2.45) is 0 Å². The van der Waals surface area contributed by atoms with Crippen LogP contribution in [0.1, 0.15) is 54.9 Å². The van der Waals surface area contributed by atoms with Crippen LogP contribution in [0.4, 0.5) is 0 Å². The summed E-state index contributed by atoms with van der Waals surface area (Å²) in [5.74, 6) is 2.43. The first-order valence-corrected chi connectivity index (χ1v) is 7.41. The fraction of sp³-hybridized carbons (Fsp3) is 0.846. The summed E-state index contributed by atoms with van der Waals surface area (Å²) in [5, 5.41) is 0. The SMILES string of the molecule is C#CCC.CC(C)[Si](C(C)C)C(C)C. The lowest BCUT2D eigenvalue weighted by atomic mass is 10.5. The van der Waals surface area contributed by atoms with Crippen molar-refractivity contribution in [2.75, 3.05) is 0 Å². The molecule has 83 valence electrons.